The number of halogens is 1. The number of likely N-dealkylation sites (N-methyl/N-ethyl adjacent to an activating group) is 2. The maximum Gasteiger partial charge on any atom is 0.258 e. The Labute approximate surface area is 227 Å². The topological polar surface area (TPSA) is 88.2 Å². The highest BCUT2D eigenvalue weighted by atomic mass is 35.5. The molecule has 5 rings (SSSR count). The van der Waals surface area contributed by atoms with Crippen LogP contribution in [0.3, 0.4) is 0 Å². The van der Waals surface area contributed by atoms with E-state index in [1.165, 1.54) is 4.90 Å². The van der Waals surface area contributed by atoms with Gasteiger partial charge in [-0.1, -0.05) is 48.0 Å². The lowest BCUT2D eigenvalue weighted by Gasteiger charge is -2.32. The van der Waals surface area contributed by atoms with Crippen molar-refractivity contribution in [3.63, 3.8) is 0 Å². The van der Waals surface area contributed by atoms with Gasteiger partial charge in [0.2, 0.25) is 5.91 Å². The molecule has 0 radical (unpaired) electrons. The molecule has 196 valence electrons. The number of nitrogens with zero attached hydrogens (tertiary/aromatic N) is 3. The molecule has 9 heteroatoms. The monoisotopic (exact) mass is 531 g/mol. The van der Waals surface area contributed by atoms with E-state index in [4.69, 9.17) is 11.6 Å². The van der Waals surface area contributed by atoms with Crippen LogP contribution in [0.25, 0.3) is 11.3 Å². The number of phenols is 1. The van der Waals surface area contributed by atoms with Gasteiger partial charge in [-0.15, -0.1) is 0 Å². The van der Waals surface area contributed by atoms with E-state index in [0.29, 0.717) is 39.9 Å². The number of hydrogen-bond donors (Lipinski definition) is 3. The van der Waals surface area contributed by atoms with E-state index >= 15 is 0 Å². The number of carbonyl (C=O) groups excluding carboxylic acids is 2. The summed E-state index contributed by atoms with van der Waals surface area (Å²) < 4.78 is 0. The second-order valence-electron chi connectivity index (χ2n) is 9.62. The number of anilines is 3. The molecule has 2 aliphatic heterocycles. The third-order valence-corrected chi connectivity index (χ3v) is 7.21. The Bertz CT molecular complexity index is 1400. The van der Waals surface area contributed by atoms with Crippen molar-refractivity contribution in [3.8, 4) is 5.75 Å². The van der Waals surface area contributed by atoms with Gasteiger partial charge in [0.15, 0.2) is 0 Å². The number of nitrogens with one attached hydrogen (secondary N) is 2. The Morgan fingerprint density at radius 2 is 1.79 bits per heavy atom. The summed E-state index contributed by atoms with van der Waals surface area (Å²) >= 11 is 6.14. The fraction of sp³-hybridized carbons (Fsp3) is 0.241. The summed E-state index contributed by atoms with van der Waals surface area (Å²) in [5.74, 6) is -0.371. The van der Waals surface area contributed by atoms with Crippen LogP contribution >= 0.6 is 11.6 Å². The first-order valence-electron chi connectivity index (χ1n) is 12.5. The molecule has 3 N–H and O–H groups in total. The highest BCUT2D eigenvalue weighted by Crippen LogP contribution is 2.39. The Kier molecular flexibility index (Phi) is 7.37. The van der Waals surface area contributed by atoms with E-state index in [-0.39, 0.29) is 17.6 Å². The number of aromatic hydroxyl groups is 1. The Morgan fingerprint density at radius 1 is 1.05 bits per heavy atom. The standard InChI is InChI=1S/C29H30ClN5O3/c1-33-12-14-35(15-13-33)18-26(37)34(2)24-11-9-21(17-25(24)36)31-28(19-6-4-3-5-7-19)27-22-10-8-20(30)16-23(22)32-29(27)38/h3-11,16-17,31,36H,12-15,18H2,1-2H3,(H,32,38). The second-order valence-corrected chi connectivity index (χ2v) is 10.1. The highest BCUT2D eigenvalue weighted by molar-refractivity contribution is 6.38. The van der Waals surface area contributed by atoms with Gasteiger partial charge in [-0.3, -0.25) is 14.5 Å². The van der Waals surface area contributed by atoms with Crippen molar-refractivity contribution in [1.29, 1.82) is 0 Å². The minimum atomic E-state index is -0.247. The summed E-state index contributed by atoms with van der Waals surface area (Å²) in [6.45, 7) is 3.83. The summed E-state index contributed by atoms with van der Waals surface area (Å²) in [5, 5.41) is 17.6. The molecule has 0 aromatic heterocycles. The third kappa shape index (κ3) is 5.38. The van der Waals surface area contributed by atoms with Gasteiger partial charge in [-0.25, -0.2) is 0 Å². The summed E-state index contributed by atoms with van der Waals surface area (Å²) in [7, 11) is 3.74. The molecule has 0 saturated carbocycles. The van der Waals surface area contributed by atoms with Crippen LogP contribution in [0.2, 0.25) is 5.02 Å². The Morgan fingerprint density at radius 3 is 2.50 bits per heavy atom. The molecule has 0 unspecified atom stereocenters. The smallest absolute Gasteiger partial charge is 0.258 e. The first-order chi connectivity index (χ1) is 18.3. The predicted octanol–water partition coefficient (Wildman–Crippen LogP) is 4.19. The lowest BCUT2D eigenvalue weighted by atomic mass is 10.00. The molecule has 1 fully saturated rings. The molecule has 1 saturated heterocycles. The zero-order valence-electron chi connectivity index (χ0n) is 21.4. The van der Waals surface area contributed by atoms with Crippen LogP contribution in [0.1, 0.15) is 11.1 Å². The normalized spacial score (nSPS) is 17.1. The van der Waals surface area contributed by atoms with Crippen molar-refractivity contribution < 1.29 is 14.7 Å². The van der Waals surface area contributed by atoms with Gasteiger partial charge in [0, 0.05) is 55.6 Å². The molecule has 0 spiro atoms. The van der Waals surface area contributed by atoms with E-state index in [9.17, 15) is 14.7 Å². The number of piperazine rings is 1. The van der Waals surface area contributed by atoms with Crippen molar-refractivity contribution in [2.75, 3.05) is 62.4 Å². The molecule has 0 bridgehead atoms. The first-order valence-corrected chi connectivity index (χ1v) is 12.9. The highest BCUT2D eigenvalue weighted by Gasteiger charge is 2.29. The van der Waals surface area contributed by atoms with E-state index in [0.717, 1.165) is 37.3 Å². The largest absolute Gasteiger partial charge is 0.506 e. The minimum absolute atomic E-state index is 0.0373. The minimum Gasteiger partial charge on any atom is -0.506 e. The second kappa shape index (κ2) is 10.9. The Balaban J connectivity index is 1.42. The molecule has 3 aromatic carbocycles. The number of benzene rings is 3. The van der Waals surface area contributed by atoms with Crippen molar-refractivity contribution in [3.05, 3.63) is 82.9 Å². The molecule has 38 heavy (non-hydrogen) atoms. The number of carbonyl (C=O) groups is 2. The SMILES string of the molecule is CN1CCN(CC(=O)N(C)c2ccc(NC(=C3C(=O)Nc4cc(Cl)ccc43)c3ccccc3)cc2O)CC1. The fourth-order valence-electron chi connectivity index (χ4n) is 4.74. The van der Waals surface area contributed by atoms with Crippen LogP contribution in [0.15, 0.2) is 66.7 Å². The summed E-state index contributed by atoms with van der Waals surface area (Å²) in [6.07, 6.45) is 0. The lowest BCUT2D eigenvalue weighted by molar-refractivity contribution is -0.119. The fourth-order valence-corrected chi connectivity index (χ4v) is 4.92. The van der Waals surface area contributed by atoms with Crippen LogP contribution < -0.4 is 15.5 Å². The summed E-state index contributed by atoms with van der Waals surface area (Å²) in [5.41, 5.74) is 4.26. The molecule has 2 amide bonds. The first kappa shape index (κ1) is 25.8. The maximum absolute atomic E-state index is 13.1. The molecule has 2 heterocycles. The van der Waals surface area contributed by atoms with Gasteiger partial charge in [0.25, 0.3) is 5.91 Å². The average Bonchev–Trinajstić information content (AvgIpc) is 3.23. The quantitative estimate of drug-likeness (QED) is 0.413. The molecule has 3 aromatic rings. The maximum atomic E-state index is 13.1. The van der Waals surface area contributed by atoms with Crippen LogP contribution in [-0.4, -0.2) is 73.5 Å². The number of hydrogen-bond acceptors (Lipinski definition) is 6. The van der Waals surface area contributed by atoms with Crippen molar-refractivity contribution in [2.24, 2.45) is 0 Å². The van der Waals surface area contributed by atoms with E-state index in [1.807, 2.05) is 36.4 Å². The zero-order chi connectivity index (χ0) is 26.8. The zero-order valence-corrected chi connectivity index (χ0v) is 22.1. The molecule has 0 atom stereocenters. The van der Waals surface area contributed by atoms with Gasteiger partial charge in [-0.05, 0) is 36.9 Å². The molecule has 0 aliphatic carbocycles. The molecular weight excluding hydrogens is 502 g/mol. The van der Waals surface area contributed by atoms with Crippen LogP contribution in [-0.2, 0) is 9.59 Å². The van der Waals surface area contributed by atoms with Crippen molar-refractivity contribution in [2.45, 2.75) is 0 Å². The van der Waals surface area contributed by atoms with Crippen LogP contribution in [0, 0.1) is 0 Å². The molecule has 8 nitrogen and oxygen atoms in total. The van der Waals surface area contributed by atoms with Crippen molar-refractivity contribution in [1.82, 2.24) is 9.80 Å². The van der Waals surface area contributed by atoms with E-state index in [2.05, 4.69) is 27.5 Å². The van der Waals surface area contributed by atoms with Crippen LogP contribution in [0.4, 0.5) is 17.1 Å². The van der Waals surface area contributed by atoms with E-state index < -0.39 is 0 Å². The summed E-state index contributed by atoms with van der Waals surface area (Å²) in [6, 6.07) is 19.9. The predicted molar refractivity (Wildman–Crippen MR) is 152 cm³/mol. The number of fused-ring (bicyclic) bond motifs is 1. The van der Waals surface area contributed by atoms with Gasteiger partial charge < -0.3 is 25.5 Å². The number of rotatable bonds is 6. The van der Waals surface area contributed by atoms with E-state index in [1.54, 1.807) is 37.4 Å². The Hall–Kier alpha value is -3.85. The molecule has 2 aliphatic rings. The lowest BCUT2D eigenvalue weighted by Crippen LogP contribution is -2.48. The number of amides is 2. The van der Waals surface area contributed by atoms with Gasteiger partial charge in [0.1, 0.15) is 5.75 Å². The third-order valence-electron chi connectivity index (χ3n) is 6.97. The van der Waals surface area contributed by atoms with Gasteiger partial charge in [0.05, 0.1) is 29.2 Å². The summed E-state index contributed by atoms with van der Waals surface area (Å²) in [4.78, 5) is 31.8. The van der Waals surface area contributed by atoms with Gasteiger partial charge >= 0.3 is 0 Å². The number of phenolic OH excluding ortho intramolecular Hbond substituents is 1. The average molecular weight is 532 g/mol. The van der Waals surface area contributed by atoms with Gasteiger partial charge in [-0.2, -0.15) is 0 Å². The molecular formula is C29H30ClN5O3. The van der Waals surface area contributed by atoms with Crippen LogP contribution in [0.5, 0.6) is 5.75 Å². The van der Waals surface area contributed by atoms with Crippen molar-refractivity contribution >= 4 is 51.7 Å².